The second kappa shape index (κ2) is 19.8. The van der Waals surface area contributed by atoms with Crippen molar-refractivity contribution in [3.05, 3.63) is 22.7 Å². The SMILES string of the molecule is CC(C)CCCCCCCCCCCCCCOCCCOP1(=O)COC(Cn2ccc(N)nc2=O)CO1. The van der Waals surface area contributed by atoms with Crippen LogP contribution in [-0.4, -0.2) is 48.4 Å². The van der Waals surface area contributed by atoms with Crippen molar-refractivity contribution in [3.63, 3.8) is 0 Å². The Morgan fingerprint density at radius 3 is 2.16 bits per heavy atom. The van der Waals surface area contributed by atoms with Gasteiger partial charge in [0.05, 0.1) is 19.8 Å². The molecular formula is C28H52N3O6P. The first-order chi connectivity index (χ1) is 18.4. The normalized spacial score (nSPS) is 19.8. The molecule has 38 heavy (non-hydrogen) atoms. The van der Waals surface area contributed by atoms with Crippen LogP contribution >= 0.6 is 7.60 Å². The fourth-order valence-corrected chi connectivity index (χ4v) is 5.87. The lowest BCUT2D eigenvalue weighted by molar-refractivity contribution is -0.0154. The van der Waals surface area contributed by atoms with E-state index in [1.807, 2.05) is 0 Å². The van der Waals surface area contributed by atoms with E-state index in [9.17, 15) is 9.36 Å². The van der Waals surface area contributed by atoms with Crippen LogP contribution in [0.3, 0.4) is 0 Å². The fraction of sp³-hybridized carbons (Fsp3) is 0.857. The topological polar surface area (TPSA) is 115 Å². The number of aromatic nitrogens is 2. The van der Waals surface area contributed by atoms with Crippen LogP contribution in [0.2, 0.25) is 0 Å². The molecule has 0 amide bonds. The molecule has 9 nitrogen and oxygen atoms in total. The highest BCUT2D eigenvalue weighted by Gasteiger charge is 2.33. The summed E-state index contributed by atoms with van der Waals surface area (Å²) in [5.41, 5.74) is 5.04. The van der Waals surface area contributed by atoms with E-state index in [1.165, 1.54) is 81.6 Å². The molecule has 2 atom stereocenters. The highest BCUT2D eigenvalue weighted by molar-refractivity contribution is 7.53. The molecule has 1 aliphatic heterocycles. The molecule has 1 aromatic rings. The number of rotatable bonds is 22. The zero-order valence-corrected chi connectivity index (χ0v) is 24.7. The quantitative estimate of drug-likeness (QED) is 0.126. The summed E-state index contributed by atoms with van der Waals surface area (Å²) in [6, 6.07) is 1.54. The number of hydrogen-bond acceptors (Lipinski definition) is 8. The van der Waals surface area contributed by atoms with Gasteiger partial charge >= 0.3 is 13.3 Å². The van der Waals surface area contributed by atoms with Gasteiger partial charge in [0, 0.05) is 19.4 Å². The van der Waals surface area contributed by atoms with Gasteiger partial charge in [-0.3, -0.25) is 9.13 Å². The average Bonchev–Trinajstić information content (AvgIpc) is 2.88. The molecule has 10 heteroatoms. The molecule has 2 heterocycles. The van der Waals surface area contributed by atoms with Gasteiger partial charge in [0.25, 0.3) is 0 Å². The Morgan fingerprint density at radius 1 is 0.974 bits per heavy atom. The van der Waals surface area contributed by atoms with Gasteiger partial charge in [-0.05, 0) is 24.8 Å². The van der Waals surface area contributed by atoms with Crippen molar-refractivity contribution in [2.75, 3.05) is 38.5 Å². The number of nitrogens with two attached hydrogens (primary N) is 1. The Morgan fingerprint density at radius 2 is 1.58 bits per heavy atom. The number of nitrogens with zero attached hydrogens (tertiary/aromatic N) is 2. The molecule has 1 aromatic heterocycles. The van der Waals surface area contributed by atoms with Crippen molar-refractivity contribution in [2.24, 2.45) is 5.92 Å². The number of hydrogen-bond donors (Lipinski definition) is 1. The molecule has 2 rings (SSSR count). The predicted octanol–water partition coefficient (Wildman–Crippen LogP) is 6.54. The minimum atomic E-state index is -3.27. The van der Waals surface area contributed by atoms with E-state index in [4.69, 9.17) is 24.3 Å². The maximum atomic E-state index is 12.6. The van der Waals surface area contributed by atoms with Crippen molar-refractivity contribution < 1.29 is 23.1 Å². The van der Waals surface area contributed by atoms with E-state index in [0.29, 0.717) is 19.6 Å². The van der Waals surface area contributed by atoms with Crippen molar-refractivity contribution in [3.8, 4) is 0 Å². The average molecular weight is 558 g/mol. The van der Waals surface area contributed by atoms with Gasteiger partial charge < -0.3 is 24.3 Å². The first kappa shape index (κ1) is 33.0. The summed E-state index contributed by atoms with van der Waals surface area (Å²) in [5, 5.41) is 0. The predicted molar refractivity (Wildman–Crippen MR) is 152 cm³/mol. The summed E-state index contributed by atoms with van der Waals surface area (Å²) >= 11 is 0. The molecule has 220 valence electrons. The fourth-order valence-electron chi connectivity index (χ4n) is 4.45. The summed E-state index contributed by atoms with van der Waals surface area (Å²) in [5.74, 6) is 1.02. The smallest absolute Gasteiger partial charge is 0.356 e. The Hall–Kier alpha value is -1.25. The summed E-state index contributed by atoms with van der Waals surface area (Å²) < 4.78 is 36.2. The van der Waals surface area contributed by atoms with Crippen LogP contribution in [0.4, 0.5) is 5.82 Å². The molecule has 0 bridgehead atoms. The maximum absolute atomic E-state index is 12.6. The molecule has 0 saturated carbocycles. The Balaban J connectivity index is 1.34. The zero-order chi connectivity index (χ0) is 27.5. The molecule has 1 saturated heterocycles. The Labute approximate surface area is 229 Å². The Bertz CT molecular complexity index is 838. The third-order valence-corrected chi connectivity index (χ3v) is 8.35. The van der Waals surface area contributed by atoms with E-state index in [1.54, 1.807) is 12.3 Å². The zero-order valence-electron chi connectivity index (χ0n) is 23.8. The van der Waals surface area contributed by atoms with E-state index in [0.717, 1.165) is 18.9 Å². The summed E-state index contributed by atoms with van der Waals surface area (Å²) in [4.78, 5) is 15.5. The van der Waals surface area contributed by atoms with Crippen LogP contribution in [0.5, 0.6) is 0 Å². The third-order valence-electron chi connectivity index (χ3n) is 6.76. The second-order valence-corrected chi connectivity index (χ2v) is 12.8. The first-order valence-electron chi connectivity index (χ1n) is 14.8. The van der Waals surface area contributed by atoms with Crippen LogP contribution < -0.4 is 11.4 Å². The lowest BCUT2D eigenvalue weighted by atomic mass is 10.0. The molecule has 1 aliphatic rings. The minimum absolute atomic E-state index is 0.0865. The van der Waals surface area contributed by atoms with Gasteiger partial charge in [0.1, 0.15) is 18.3 Å². The molecule has 0 radical (unpaired) electrons. The van der Waals surface area contributed by atoms with Gasteiger partial charge in [-0.2, -0.15) is 4.98 Å². The number of ether oxygens (including phenoxy) is 2. The summed E-state index contributed by atoms with van der Waals surface area (Å²) in [6.07, 6.45) is 19.1. The molecular weight excluding hydrogens is 505 g/mol. The highest BCUT2D eigenvalue weighted by atomic mass is 31.2. The number of anilines is 1. The van der Waals surface area contributed by atoms with Crippen LogP contribution in [0.15, 0.2) is 17.1 Å². The van der Waals surface area contributed by atoms with Crippen molar-refractivity contribution in [1.82, 2.24) is 9.55 Å². The van der Waals surface area contributed by atoms with E-state index >= 15 is 0 Å². The van der Waals surface area contributed by atoms with E-state index in [2.05, 4.69) is 18.8 Å². The van der Waals surface area contributed by atoms with Crippen LogP contribution in [0.25, 0.3) is 0 Å². The van der Waals surface area contributed by atoms with Gasteiger partial charge in [-0.1, -0.05) is 90.9 Å². The molecule has 2 unspecified atom stereocenters. The number of nitrogen functional groups attached to an aromatic ring is 1. The highest BCUT2D eigenvalue weighted by Crippen LogP contribution is 2.50. The van der Waals surface area contributed by atoms with Gasteiger partial charge in [0.15, 0.2) is 0 Å². The van der Waals surface area contributed by atoms with Crippen LogP contribution in [-0.2, 0) is 29.6 Å². The molecule has 0 aromatic carbocycles. The van der Waals surface area contributed by atoms with E-state index in [-0.39, 0.29) is 25.3 Å². The van der Waals surface area contributed by atoms with Gasteiger partial charge in [-0.25, -0.2) is 4.79 Å². The molecule has 2 N–H and O–H groups in total. The largest absolute Gasteiger partial charge is 0.383 e. The molecule has 1 fully saturated rings. The van der Waals surface area contributed by atoms with E-state index < -0.39 is 19.4 Å². The van der Waals surface area contributed by atoms with Crippen LogP contribution in [0, 0.1) is 5.92 Å². The first-order valence-corrected chi connectivity index (χ1v) is 16.5. The molecule has 0 spiro atoms. The minimum Gasteiger partial charge on any atom is -0.383 e. The lowest BCUT2D eigenvalue weighted by Gasteiger charge is -2.29. The van der Waals surface area contributed by atoms with Gasteiger partial charge in [0.2, 0.25) is 0 Å². The van der Waals surface area contributed by atoms with Crippen molar-refractivity contribution in [2.45, 2.75) is 116 Å². The van der Waals surface area contributed by atoms with Crippen molar-refractivity contribution in [1.29, 1.82) is 0 Å². The van der Waals surface area contributed by atoms with Crippen molar-refractivity contribution >= 4 is 13.4 Å². The molecule has 0 aliphatic carbocycles. The maximum Gasteiger partial charge on any atom is 0.356 e. The van der Waals surface area contributed by atoms with Gasteiger partial charge in [-0.15, -0.1) is 0 Å². The number of unbranched alkanes of at least 4 members (excludes halogenated alkanes) is 11. The Kier molecular flexibility index (Phi) is 17.1. The second-order valence-electron chi connectivity index (χ2n) is 10.8. The standard InChI is InChI=1S/C28H52N3O6P/c1-25(2)16-13-11-9-7-5-3-4-6-8-10-12-14-19-34-20-15-21-36-38(33)24-35-26(23-37-38)22-31-18-17-27(29)30-28(31)32/h17-18,25-26H,3-16,19-24H2,1-2H3,(H2,29,30,32). The van der Waals surface area contributed by atoms with Crippen LogP contribution in [0.1, 0.15) is 104 Å². The lowest BCUT2D eigenvalue weighted by Crippen LogP contribution is -2.35. The third kappa shape index (κ3) is 15.4. The monoisotopic (exact) mass is 557 g/mol. The summed E-state index contributed by atoms with van der Waals surface area (Å²) in [6.45, 7) is 6.59. The summed E-state index contributed by atoms with van der Waals surface area (Å²) in [7, 11) is -3.27.